The van der Waals surface area contributed by atoms with Crippen LogP contribution in [0.25, 0.3) is 0 Å². The molecule has 0 heterocycles. The number of benzene rings is 1. The molecular weight excluding hydrogens is 244 g/mol. The van der Waals surface area contributed by atoms with Crippen LogP contribution in [0.5, 0.6) is 0 Å². The number of alkyl halides is 2. The second-order valence-electron chi connectivity index (χ2n) is 5.72. The first kappa shape index (κ1) is 16.1. The van der Waals surface area contributed by atoms with Crippen LogP contribution in [0.2, 0.25) is 0 Å². The highest BCUT2D eigenvalue weighted by Gasteiger charge is 2.35. The van der Waals surface area contributed by atoms with Gasteiger partial charge in [-0.05, 0) is 43.4 Å². The quantitative estimate of drug-likeness (QED) is 0.775. The van der Waals surface area contributed by atoms with Crippen molar-refractivity contribution < 1.29 is 8.78 Å². The molecule has 0 amide bonds. The van der Waals surface area contributed by atoms with Gasteiger partial charge in [0.05, 0.1) is 0 Å². The fraction of sp³-hybridized carbons (Fsp3) is 0.625. The standard InChI is InChI=1S/C16H25F2N/c1-5-10-19-16(4,15(17)18)14-8-6-13(7-9-14)11-12(2)3/h6-9,12,15,19H,5,10-11H2,1-4H3. The molecule has 1 N–H and O–H groups in total. The molecule has 0 bridgehead atoms. The Kier molecular flexibility index (Phi) is 5.92. The average Bonchev–Trinajstić information content (AvgIpc) is 2.35. The van der Waals surface area contributed by atoms with Crippen molar-refractivity contribution in [3.63, 3.8) is 0 Å². The van der Waals surface area contributed by atoms with E-state index >= 15 is 0 Å². The molecule has 3 heteroatoms. The molecule has 0 aliphatic heterocycles. The molecule has 0 aliphatic rings. The van der Waals surface area contributed by atoms with Gasteiger partial charge in [-0.1, -0.05) is 45.0 Å². The van der Waals surface area contributed by atoms with Crippen molar-refractivity contribution in [2.24, 2.45) is 5.92 Å². The summed E-state index contributed by atoms with van der Waals surface area (Å²) in [5.41, 5.74) is 0.598. The Morgan fingerprint density at radius 3 is 2.16 bits per heavy atom. The lowest BCUT2D eigenvalue weighted by molar-refractivity contribution is 0.0385. The molecule has 0 saturated carbocycles. The predicted molar refractivity (Wildman–Crippen MR) is 76.6 cm³/mol. The molecule has 1 atom stereocenters. The summed E-state index contributed by atoms with van der Waals surface area (Å²) in [6.07, 6.45) is -0.600. The van der Waals surface area contributed by atoms with Gasteiger partial charge in [0.25, 0.3) is 6.43 Å². The van der Waals surface area contributed by atoms with Gasteiger partial charge in [0.15, 0.2) is 0 Å². The van der Waals surface area contributed by atoms with E-state index in [0.717, 1.165) is 12.8 Å². The molecule has 1 unspecified atom stereocenters. The van der Waals surface area contributed by atoms with Gasteiger partial charge >= 0.3 is 0 Å². The predicted octanol–water partition coefficient (Wildman–Crippen LogP) is 4.37. The van der Waals surface area contributed by atoms with E-state index in [1.165, 1.54) is 5.56 Å². The summed E-state index contributed by atoms with van der Waals surface area (Å²) in [5, 5.41) is 2.97. The van der Waals surface area contributed by atoms with Gasteiger partial charge in [-0.15, -0.1) is 0 Å². The summed E-state index contributed by atoms with van der Waals surface area (Å²) >= 11 is 0. The van der Waals surface area contributed by atoms with E-state index in [0.29, 0.717) is 18.0 Å². The third kappa shape index (κ3) is 4.27. The minimum Gasteiger partial charge on any atom is -0.303 e. The fourth-order valence-corrected chi connectivity index (χ4v) is 2.15. The first-order valence-electron chi connectivity index (χ1n) is 7.02. The van der Waals surface area contributed by atoms with Crippen molar-refractivity contribution >= 4 is 0 Å². The summed E-state index contributed by atoms with van der Waals surface area (Å²) in [7, 11) is 0. The van der Waals surface area contributed by atoms with Crippen molar-refractivity contribution in [2.45, 2.75) is 52.5 Å². The summed E-state index contributed by atoms with van der Waals surface area (Å²) < 4.78 is 26.7. The van der Waals surface area contributed by atoms with Crippen LogP contribution < -0.4 is 5.32 Å². The molecule has 1 nitrogen and oxygen atoms in total. The van der Waals surface area contributed by atoms with Crippen molar-refractivity contribution in [3.8, 4) is 0 Å². The van der Waals surface area contributed by atoms with Crippen molar-refractivity contribution in [3.05, 3.63) is 35.4 Å². The maximum Gasteiger partial charge on any atom is 0.260 e. The van der Waals surface area contributed by atoms with Gasteiger partial charge in [0, 0.05) is 0 Å². The number of halogens is 2. The van der Waals surface area contributed by atoms with Crippen LogP contribution in [0, 0.1) is 5.92 Å². The minimum absolute atomic E-state index is 0.575. The van der Waals surface area contributed by atoms with Gasteiger partial charge in [-0.25, -0.2) is 8.78 Å². The summed E-state index contributed by atoms with van der Waals surface area (Å²) in [4.78, 5) is 0. The van der Waals surface area contributed by atoms with Crippen LogP contribution in [0.4, 0.5) is 8.78 Å². The Morgan fingerprint density at radius 2 is 1.74 bits per heavy atom. The van der Waals surface area contributed by atoms with Crippen molar-refractivity contribution in [2.75, 3.05) is 6.54 Å². The molecule has 1 aromatic carbocycles. The normalized spacial score (nSPS) is 14.9. The van der Waals surface area contributed by atoms with E-state index in [9.17, 15) is 8.78 Å². The highest BCUT2D eigenvalue weighted by molar-refractivity contribution is 5.29. The Bertz CT molecular complexity index is 373. The first-order valence-corrected chi connectivity index (χ1v) is 7.02. The lowest BCUT2D eigenvalue weighted by atomic mass is 9.90. The summed E-state index contributed by atoms with van der Waals surface area (Å²) in [6, 6.07) is 7.58. The van der Waals surface area contributed by atoms with Crippen LogP contribution >= 0.6 is 0 Å². The van der Waals surface area contributed by atoms with Crippen LogP contribution in [0.15, 0.2) is 24.3 Å². The number of rotatable bonds is 7. The fourth-order valence-electron chi connectivity index (χ4n) is 2.15. The number of nitrogens with one attached hydrogen (secondary N) is 1. The molecule has 1 rings (SSSR count). The average molecular weight is 269 g/mol. The molecule has 0 fully saturated rings. The Labute approximate surface area is 115 Å². The summed E-state index contributed by atoms with van der Waals surface area (Å²) in [6.45, 7) is 8.45. The summed E-state index contributed by atoms with van der Waals surface area (Å²) in [5.74, 6) is 0.575. The van der Waals surface area contributed by atoms with E-state index in [-0.39, 0.29) is 0 Å². The van der Waals surface area contributed by atoms with Crippen LogP contribution in [-0.2, 0) is 12.0 Å². The minimum atomic E-state index is -2.42. The monoisotopic (exact) mass is 269 g/mol. The number of hydrogen-bond donors (Lipinski definition) is 1. The topological polar surface area (TPSA) is 12.0 Å². The Balaban J connectivity index is 2.91. The highest BCUT2D eigenvalue weighted by Crippen LogP contribution is 2.28. The third-order valence-corrected chi connectivity index (χ3v) is 3.38. The maximum absolute atomic E-state index is 13.3. The molecule has 0 saturated heterocycles. The zero-order chi connectivity index (χ0) is 14.5. The van der Waals surface area contributed by atoms with Crippen LogP contribution in [-0.4, -0.2) is 13.0 Å². The molecule has 0 radical (unpaired) electrons. The second kappa shape index (κ2) is 6.99. The zero-order valence-electron chi connectivity index (χ0n) is 12.3. The van der Waals surface area contributed by atoms with E-state index < -0.39 is 12.0 Å². The lowest BCUT2D eigenvalue weighted by Crippen LogP contribution is -2.46. The number of hydrogen-bond acceptors (Lipinski definition) is 1. The van der Waals surface area contributed by atoms with Crippen molar-refractivity contribution in [1.82, 2.24) is 5.32 Å². The molecule has 19 heavy (non-hydrogen) atoms. The maximum atomic E-state index is 13.3. The highest BCUT2D eigenvalue weighted by atomic mass is 19.3. The van der Waals surface area contributed by atoms with Crippen LogP contribution in [0.3, 0.4) is 0 Å². The van der Waals surface area contributed by atoms with Gasteiger partial charge in [-0.2, -0.15) is 0 Å². The largest absolute Gasteiger partial charge is 0.303 e. The zero-order valence-corrected chi connectivity index (χ0v) is 12.3. The van der Waals surface area contributed by atoms with Gasteiger partial charge < -0.3 is 5.32 Å². The van der Waals surface area contributed by atoms with Crippen molar-refractivity contribution in [1.29, 1.82) is 0 Å². The van der Waals surface area contributed by atoms with E-state index in [2.05, 4.69) is 19.2 Å². The molecule has 1 aromatic rings. The molecule has 0 aliphatic carbocycles. The Hall–Kier alpha value is -0.960. The molecular formula is C16H25F2N. The Morgan fingerprint density at radius 1 is 1.16 bits per heavy atom. The van der Waals surface area contributed by atoms with Gasteiger partial charge in [-0.3, -0.25) is 0 Å². The molecule has 108 valence electrons. The first-order chi connectivity index (χ1) is 8.90. The van der Waals surface area contributed by atoms with E-state index in [4.69, 9.17) is 0 Å². The third-order valence-electron chi connectivity index (χ3n) is 3.38. The van der Waals surface area contributed by atoms with Gasteiger partial charge in [0.1, 0.15) is 5.54 Å². The molecule has 0 aromatic heterocycles. The lowest BCUT2D eigenvalue weighted by Gasteiger charge is -2.31. The molecule has 0 spiro atoms. The smallest absolute Gasteiger partial charge is 0.260 e. The van der Waals surface area contributed by atoms with E-state index in [1.807, 2.05) is 31.2 Å². The van der Waals surface area contributed by atoms with Gasteiger partial charge in [0.2, 0.25) is 0 Å². The SMILES string of the molecule is CCCNC(C)(c1ccc(CC(C)C)cc1)C(F)F. The van der Waals surface area contributed by atoms with E-state index in [1.54, 1.807) is 6.92 Å². The second-order valence-corrected chi connectivity index (χ2v) is 5.72. The van der Waals surface area contributed by atoms with Crippen LogP contribution in [0.1, 0.15) is 45.2 Å².